The summed E-state index contributed by atoms with van der Waals surface area (Å²) < 4.78 is 0. The van der Waals surface area contributed by atoms with Crippen LogP contribution < -0.4 is 10.6 Å². The minimum Gasteiger partial charge on any atom is -0.324 e. The summed E-state index contributed by atoms with van der Waals surface area (Å²) in [6.07, 6.45) is 0. The highest BCUT2D eigenvalue weighted by molar-refractivity contribution is 7.99. The standard InChI is InChI=1S/C11H12N4OS/c16-10(9-5-17-6-12-9)15-11-13-7-3-1-2-4-8(7)14-11/h1-4,9,12H,5-6H2,(H2,13,14,15,16). The van der Waals surface area contributed by atoms with Gasteiger partial charge in [0, 0.05) is 11.6 Å². The number of thioether (sulfide) groups is 1. The molecule has 5 nitrogen and oxygen atoms in total. The molecule has 1 aliphatic rings. The number of hydrogen-bond acceptors (Lipinski definition) is 4. The maximum atomic E-state index is 11.8. The van der Waals surface area contributed by atoms with Crippen LogP contribution in [0.15, 0.2) is 24.3 Å². The lowest BCUT2D eigenvalue weighted by atomic mass is 10.3. The second-order valence-corrected chi connectivity index (χ2v) is 4.89. The molecule has 3 N–H and O–H groups in total. The number of amides is 1. The number of H-pyrrole nitrogens is 1. The lowest BCUT2D eigenvalue weighted by Gasteiger charge is -2.07. The number of fused-ring (bicyclic) bond motifs is 1. The van der Waals surface area contributed by atoms with Gasteiger partial charge in [-0.1, -0.05) is 12.1 Å². The first kappa shape index (κ1) is 10.6. The smallest absolute Gasteiger partial charge is 0.244 e. The highest BCUT2D eigenvalue weighted by Gasteiger charge is 2.23. The summed E-state index contributed by atoms with van der Waals surface area (Å²) in [7, 11) is 0. The van der Waals surface area contributed by atoms with Crippen molar-refractivity contribution in [1.82, 2.24) is 15.3 Å². The molecule has 1 atom stereocenters. The molecular weight excluding hydrogens is 236 g/mol. The Kier molecular flexibility index (Phi) is 2.74. The fourth-order valence-corrected chi connectivity index (χ4v) is 2.72. The molecule has 1 amide bonds. The van der Waals surface area contributed by atoms with E-state index in [4.69, 9.17) is 0 Å². The highest BCUT2D eigenvalue weighted by atomic mass is 32.2. The van der Waals surface area contributed by atoms with Gasteiger partial charge in [0.15, 0.2) is 0 Å². The number of hydrogen-bond donors (Lipinski definition) is 3. The van der Waals surface area contributed by atoms with Crippen molar-refractivity contribution in [2.24, 2.45) is 0 Å². The molecule has 1 aromatic heterocycles. The number of imidazole rings is 1. The molecule has 3 rings (SSSR count). The molecule has 17 heavy (non-hydrogen) atoms. The van der Waals surface area contributed by atoms with Gasteiger partial charge in [0.25, 0.3) is 0 Å². The number of carbonyl (C=O) groups is 1. The second-order valence-electron chi connectivity index (χ2n) is 3.86. The van der Waals surface area contributed by atoms with Crippen molar-refractivity contribution in [1.29, 1.82) is 0 Å². The Morgan fingerprint density at radius 2 is 2.35 bits per heavy atom. The van der Waals surface area contributed by atoms with E-state index in [1.54, 1.807) is 11.8 Å². The van der Waals surface area contributed by atoms with Crippen LogP contribution in [0.1, 0.15) is 0 Å². The van der Waals surface area contributed by atoms with Gasteiger partial charge in [0.2, 0.25) is 11.9 Å². The third-order valence-corrected chi connectivity index (χ3v) is 3.60. The van der Waals surface area contributed by atoms with E-state index in [2.05, 4.69) is 20.6 Å². The molecule has 0 aliphatic carbocycles. The molecule has 2 aromatic rings. The Hall–Kier alpha value is -1.53. The van der Waals surface area contributed by atoms with Crippen LogP contribution in [-0.2, 0) is 4.79 Å². The maximum Gasteiger partial charge on any atom is 0.244 e. The first-order chi connectivity index (χ1) is 8.33. The number of nitrogens with one attached hydrogen (secondary N) is 3. The van der Waals surface area contributed by atoms with Crippen molar-refractivity contribution in [2.45, 2.75) is 6.04 Å². The average molecular weight is 248 g/mol. The summed E-state index contributed by atoms with van der Waals surface area (Å²) >= 11 is 1.72. The van der Waals surface area contributed by atoms with Gasteiger partial charge in [-0.3, -0.25) is 15.4 Å². The predicted octanol–water partition coefficient (Wildman–Crippen LogP) is 1.16. The van der Waals surface area contributed by atoms with Gasteiger partial charge in [0.1, 0.15) is 0 Å². The zero-order valence-corrected chi connectivity index (χ0v) is 9.88. The van der Waals surface area contributed by atoms with Crippen LogP contribution in [0.3, 0.4) is 0 Å². The first-order valence-corrected chi connectivity index (χ1v) is 6.55. The number of aromatic amines is 1. The average Bonchev–Trinajstić information content (AvgIpc) is 2.97. The molecule has 2 heterocycles. The monoisotopic (exact) mass is 248 g/mol. The summed E-state index contributed by atoms with van der Waals surface area (Å²) in [6, 6.07) is 7.58. The molecule has 1 aliphatic heterocycles. The van der Waals surface area contributed by atoms with Crippen molar-refractivity contribution in [3.05, 3.63) is 24.3 Å². The van der Waals surface area contributed by atoms with Gasteiger partial charge in [-0.25, -0.2) is 4.98 Å². The molecule has 1 aromatic carbocycles. The Balaban J connectivity index is 1.77. The normalized spacial score (nSPS) is 19.6. The molecule has 1 saturated heterocycles. The number of benzene rings is 1. The number of rotatable bonds is 2. The predicted molar refractivity (Wildman–Crippen MR) is 69.0 cm³/mol. The van der Waals surface area contributed by atoms with Gasteiger partial charge >= 0.3 is 0 Å². The lowest BCUT2D eigenvalue weighted by molar-refractivity contribution is -0.117. The van der Waals surface area contributed by atoms with Crippen LogP contribution in [0.4, 0.5) is 5.95 Å². The summed E-state index contributed by atoms with van der Waals surface area (Å²) in [4.78, 5) is 19.2. The van der Waals surface area contributed by atoms with Crippen LogP contribution in [0.5, 0.6) is 0 Å². The van der Waals surface area contributed by atoms with E-state index in [1.165, 1.54) is 0 Å². The van der Waals surface area contributed by atoms with Gasteiger partial charge in [-0.15, -0.1) is 11.8 Å². The summed E-state index contributed by atoms with van der Waals surface area (Å²) in [5.41, 5.74) is 1.79. The van der Waals surface area contributed by atoms with Crippen LogP contribution >= 0.6 is 11.8 Å². The van der Waals surface area contributed by atoms with Crippen molar-refractivity contribution in [3.8, 4) is 0 Å². The third-order valence-electron chi connectivity index (χ3n) is 2.66. The molecule has 1 fully saturated rings. The van der Waals surface area contributed by atoms with Gasteiger partial charge in [0.05, 0.1) is 17.1 Å². The van der Waals surface area contributed by atoms with Gasteiger partial charge < -0.3 is 4.98 Å². The fourth-order valence-electron chi connectivity index (χ4n) is 1.78. The molecule has 1 unspecified atom stereocenters. The van der Waals surface area contributed by atoms with E-state index in [0.717, 1.165) is 22.7 Å². The SMILES string of the molecule is O=C(Nc1nc2ccccc2[nH]1)C1CSCN1. The van der Waals surface area contributed by atoms with Crippen LogP contribution in [0.2, 0.25) is 0 Å². The Morgan fingerprint density at radius 1 is 1.47 bits per heavy atom. The summed E-state index contributed by atoms with van der Waals surface area (Å²) in [5.74, 6) is 2.12. The Bertz CT molecular complexity index is 514. The number of carbonyl (C=O) groups excluding carboxylic acids is 1. The Morgan fingerprint density at radius 3 is 3.12 bits per heavy atom. The van der Waals surface area contributed by atoms with Crippen LogP contribution in [-0.4, -0.2) is 33.5 Å². The highest BCUT2D eigenvalue weighted by Crippen LogP contribution is 2.15. The lowest BCUT2D eigenvalue weighted by Crippen LogP contribution is -2.37. The molecular formula is C11H12N4OS. The molecule has 0 saturated carbocycles. The maximum absolute atomic E-state index is 11.8. The van der Waals surface area contributed by atoms with Crippen molar-refractivity contribution in [3.63, 3.8) is 0 Å². The molecule has 0 spiro atoms. The van der Waals surface area contributed by atoms with E-state index < -0.39 is 0 Å². The van der Waals surface area contributed by atoms with Crippen LogP contribution in [0.25, 0.3) is 11.0 Å². The summed E-state index contributed by atoms with van der Waals surface area (Å²) in [6.45, 7) is 0. The fraction of sp³-hybridized carbons (Fsp3) is 0.273. The number of para-hydroxylation sites is 2. The molecule has 0 bridgehead atoms. The number of anilines is 1. The summed E-state index contributed by atoms with van der Waals surface area (Å²) in [5, 5.41) is 5.91. The van der Waals surface area contributed by atoms with Crippen LogP contribution in [0, 0.1) is 0 Å². The minimum absolute atomic E-state index is 0.0333. The van der Waals surface area contributed by atoms with Crippen molar-refractivity contribution in [2.75, 3.05) is 16.9 Å². The Labute approximate surface area is 102 Å². The quantitative estimate of drug-likeness (QED) is 0.746. The van der Waals surface area contributed by atoms with E-state index in [1.807, 2.05) is 24.3 Å². The molecule has 88 valence electrons. The second kappa shape index (κ2) is 4.38. The number of aromatic nitrogens is 2. The van der Waals surface area contributed by atoms with Gasteiger partial charge in [-0.05, 0) is 12.1 Å². The topological polar surface area (TPSA) is 69.8 Å². The number of nitrogens with zero attached hydrogens (tertiary/aromatic N) is 1. The third kappa shape index (κ3) is 2.13. The van der Waals surface area contributed by atoms with Crippen molar-refractivity contribution < 1.29 is 4.79 Å². The zero-order chi connectivity index (χ0) is 11.7. The van der Waals surface area contributed by atoms with E-state index in [-0.39, 0.29) is 11.9 Å². The molecule has 0 radical (unpaired) electrons. The van der Waals surface area contributed by atoms with E-state index in [0.29, 0.717) is 5.95 Å². The first-order valence-electron chi connectivity index (χ1n) is 5.40. The van der Waals surface area contributed by atoms with E-state index in [9.17, 15) is 4.79 Å². The van der Waals surface area contributed by atoms with Gasteiger partial charge in [-0.2, -0.15) is 0 Å². The largest absolute Gasteiger partial charge is 0.324 e. The minimum atomic E-state index is -0.117. The molecule has 6 heteroatoms. The van der Waals surface area contributed by atoms with Crippen molar-refractivity contribution >= 4 is 34.7 Å². The zero-order valence-electron chi connectivity index (χ0n) is 9.06. The van der Waals surface area contributed by atoms with E-state index >= 15 is 0 Å².